The number of hydrogen-bond acceptors (Lipinski definition) is 4. The molecule has 64 valence electrons. The van der Waals surface area contributed by atoms with Gasteiger partial charge in [0.05, 0.1) is 13.2 Å². The van der Waals surface area contributed by atoms with Crippen LogP contribution in [0.3, 0.4) is 0 Å². The van der Waals surface area contributed by atoms with E-state index in [4.69, 9.17) is 15.2 Å². The lowest BCUT2D eigenvalue weighted by atomic mass is 10.2. The van der Waals surface area contributed by atoms with Gasteiger partial charge in [-0.3, -0.25) is 0 Å². The van der Waals surface area contributed by atoms with Crippen molar-refractivity contribution < 1.29 is 14.3 Å². The van der Waals surface area contributed by atoms with Crippen molar-refractivity contribution in [1.82, 2.24) is 0 Å². The molecule has 1 saturated heterocycles. The molecule has 0 bridgehead atoms. The third-order valence-corrected chi connectivity index (χ3v) is 1.58. The van der Waals surface area contributed by atoms with Gasteiger partial charge in [0.15, 0.2) is 6.10 Å². The molecule has 4 heteroatoms. The van der Waals surface area contributed by atoms with Crippen LogP contribution in [0.1, 0.15) is 13.3 Å². The number of rotatable bonds is 2. The van der Waals surface area contributed by atoms with Crippen LogP contribution in [0, 0.1) is 0 Å². The Labute approximate surface area is 65.7 Å². The normalized spacial score (nSPS) is 30.4. The number of carbonyl (C=O) groups is 1. The average Bonchev–Trinajstić information content (AvgIpc) is 2.36. The standard InChI is InChI=1S/C7H13NO3/c1-2-10-7(9)6-3-5(8)4-11-6/h5-6H,2-4,8H2,1H3/t5-,6+/m1/s1. The zero-order valence-corrected chi connectivity index (χ0v) is 6.58. The van der Waals surface area contributed by atoms with Gasteiger partial charge in [-0.05, 0) is 6.92 Å². The van der Waals surface area contributed by atoms with Crippen molar-refractivity contribution in [2.75, 3.05) is 13.2 Å². The molecule has 2 N–H and O–H groups in total. The Balaban J connectivity index is 2.31. The largest absolute Gasteiger partial charge is 0.464 e. The van der Waals surface area contributed by atoms with E-state index in [-0.39, 0.29) is 12.0 Å². The molecule has 0 aromatic carbocycles. The van der Waals surface area contributed by atoms with Crippen LogP contribution in [0.4, 0.5) is 0 Å². The van der Waals surface area contributed by atoms with Gasteiger partial charge in [-0.15, -0.1) is 0 Å². The quantitative estimate of drug-likeness (QED) is 0.560. The molecule has 1 fully saturated rings. The van der Waals surface area contributed by atoms with Crippen molar-refractivity contribution in [3.63, 3.8) is 0 Å². The Morgan fingerprint density at radius 2 is 2.55 bits per heavy atom. The van der Waals surface area contributed by atoms with Crippen LogP contribution in [0.15, 0.2) is 0 Å². The molecule has 1 heterocycles. The second-order valence-corrected chi connectivity index (χ2v) is 2.57. The molecule has 0 aliphatic carbocycles. The molecule has 2 atom stereocenters. The van der Waals surface area contributed by atoms with Crippen molar-refractivity contribution in [3.8, 4) is 0 Å². The molecule has 1 aliphatic rings. The minimum absolute atomic E-state index is 0.00981. The van der Waals surface area contributed by atoms with Crippen molar-refractivity contribution in [2.24, 2.45) is 5.73 Å². The maximum absolute atomic E-state index is 11.0. The van der Waals surface area contributed by atoms with Gasteiger partial charge in [-0.1, -0.05) is 0 Å². The zero-order chi connectivity index (χ0) is 8.27. The first-order valence-electron chi connectivity index (χ1n) is 3.78. The molecule has 0 aromatic heterocycles. The predicted molar refractivity (Wildman–Crippen MR) is 39.0 cm³/mol. The van der Waals surface area contributed by atoms with E-state index in [1.807, 2.05) is 0 Å². The molecule has 0 amide bonds. The zero-order valence-electron chi connectivity index (χ0n) is 6.58. The van der Waals surface area contributed by atoms with Gasteiger partial charge in [0.1, 0.15) is 0 Å². The molecule has 1 aliphatic heterocycles. The van der Waals surface area contributed by atoms with E-state index in [2.05, 4.69) is 0 Å². The molecule has 0 saturated carbocycles. The summed E-state index contributed by atoms with van der Waals surface area (Å²) in [6.45, 7) is 2.63. The van der Waals surface area contributed by atoms with Crippen molar-refractivity contribution >= 4 is 5.97 Å². The maximum Gasteiger partial charge on any atom is 0.335 e. The topological polar surface area (TPSA) is 61.5 Å². The van der Waals surface area contributed by atoms with E-state index < -0.39 is 6.10 Å². The smallest absolute Gasteiger partial charge is 0.335 e. The van der Waals surface area contributed by atoms with E-state index >= 15 is 0 Å². The summed E-state index contributed by atoms with van der Waals surface area (Å²) in [7, 11) is 0. The average molecular weight is 159 g/mol. The van der Waals surface area contributed by atoms with Gasteiger partial charge in [0.25, 0.3) is 0 Å². The Hall–Kier alpha value is -0.610. The third kappa shape index (κ3) is 2.17. The van der Waals surface area contributed by atoms with E-state index in [9.17, 15) is 4.79 Å². The SMILES string of the molecule is CCOC(=O)[C@@H]1C[C@@H](N)CO1. The van der Waals surface area contributed by atoms with Crippen molar-refractivity contribution in [3.05, 3.63) is 0 Å². The fourth-order valence-corrected chi connectivity index (χ4v) is 1.05. The number of hydrogen-bond donors (Lipinski definition) is 1. The molecule has 1 rings (SSSR count). The summed E-state index contributed by atoms with van der Waals surface area (Å²) in [5.41, 5.74) is 5.53. The summed E-state index contributed by atoms with van der Waals surface area (Å²) in [5, 5.41) is 0. The van der Waals surface area contributed by atoms with Crippen LogP contribution < -0.4 is 5.73 Å². The highest BCUT2D eigenvalue weighted by Gasteiger charge is 2.29. The summed E-state index contributed by atoms with van der Waals surface area (Å²) >= 11 is 0. The fraction of sp³-hybridized carbons (Fsp3) is 0.857. The lowest BCUT2D eigenvalue weighted by Crippen LogP contribution is -2.24. The third-order valence-electron chi connectivity index (χ3n) is 1.58. The van der Waals surface area contributed by atoms with Gasteiger partial charge >= 0.3 is 5.97 Å². The van der Waals surface area contributed by atoms with Crippen LogP contribution in [-0.4, -0.2) is 31.3 Å². The van der Waals surface area contributed by atoms with Crippen LogP contribution in [0.25, 0.3) is 0 Å². The second kappa shape index (κ2) is 3.69. The van der Waals surface area contributed by atoms with Gasteiger partial charge in [0.2, 0.25) is 0 Å². The fourth-order valence-electron chi connectivity index (χ4n) is 1.05. The number of esters is 1. The highest BCUT2D eigenvalue weighted by atomic mass is 16.6. The molecule has 0 unspecified atom stereocenters. The van der Waals surface area contributed by atoms with E-state index in [0.29, 0.717) is 19.6 Å². The molecular formula is C7H13NO3. The molecule has 4 nitrogen and oxygen atoms in total. The molecule has 11 heavy (non-hydrogen) atoms. The van der Waals surface area contributed by atoms with Gasteiger partial charge in [0, 0.05) is 12.5 Å². The summed E-state index contributed by atoms with van der Waals surface area (Å²) in [4.78, 5) is 11.0. The summed E-state index contributed by atoms with van der Waals surface area (Å²) in [5.74, 6) is -0.291. The van der Waals surface area contributed by atoms with Crippen LogP contribution in [-0.2, 0) is 14.3 Å². The Morgan fingerprint density at radius 1 is 1.82 bits per heavy atom. The van der Waals surface area contributed by atoms with Crippen LogP contribution >= 0.6 is 0 Å². The molecule has 0 aromatic rings. The van der Waals surface area contributed by atoms with Crippen LogP contribution in [0.5, 0.6) is 0 Å². The molecule has 0 spiro atoms. The lowest BCUT2D eigenvalue weighted by Gasteiger charge is -2.06. The molecule has 0 radical (unpaired) electrons. The molecular weight excluding hydrogens is 146 g/mol. The summed E-state index contributed by atoms with van der Waals surface area (Å²) < 4.78 is 9.83. The van der Waals surface area contributed by atoms with Gasteiger partial charge < -0.3 is 15.2 Å². The van der Waals surface area contributed by atoms with Gasteiger partial charge in [-0.25, -0.2) is 4.79 Å². The first-order valence-corrected chi connectivity index (χ1v) is 3.78. The van der Waals surface area contributed by atoms with Gasteiger partial charge in [-0.2, -0.15) is 0 Å². The van der Waals surface area contributed by atoms with Crippen LogP contribution in [0.2, 0.25) is 0 Å². The minimum Gasteiger partial charge on any atom is -0.464 e. The number of carbonyl (C=O) groups excluding carboxylic acids is 1. The predicted octanol–water partition coefficient (Wildman–Crippen LogP) is -0.334. The highest BCUT2D eigenvalue weighted by Crippen LogP contribution is 2.12. The first kappa shape index (κ1) is 8.49. The van der Waals surface area contributed by atoms with Crippen molar-refractivity contribution in [1.29, 1.82) is 0 Å². The van der Waals surface area contributed by atoms with E-state index in [0.717, 1.165) is 0 Å². The maximum atomic E-state index is 11.0. The summed E-state index contributed by atoms with van der Waals surface area (Å²) in [6.07, 6.45) is 0.156. The summed E-state index contributed by atoms with van der Waals surface area (Å²) in [6, 6.07) is -0.00981. The second-order valence-electron chi connectivity index (χ2n) is 2.57. The minimum atomic E-state index is -0.426. The Bertz CT molecular complexity index is 149. The first-order chi connectivity index (χ1) is 5.24. The monoisotopic (exact) mass is 159 g/mol. The van der Waals surface area contributed by atoms with E-state index in [1.54, 1.807) is 6.92 Å². The Kier molecular flexibility index (Phi) is 2.84. The lowest BCUT2D eigenvalue weighted by molar-refractivity contribution is -0.153. The van der Waals surface area contributed by atoms with E-state index in [1.165, 1.54) is 0 Å². The Morgan fingerprint density at radius 3 is 3.00 bits per heavy atom. The number of nitrogens with two attached hydrogens (primary N) is 1. The van der Waals surface area contributed by atoms with Crippen molar-refractivity contribution in [2.45, 2.75) is 25.5 Å². The number of ether oxygens (including phenoxy) is 2. The highest BCUT2D eigenvalue weighted by molar-refractivity contribution is 5.75.